The van der Waals surface area contributed by atoms with Gasteiger partial charge in [-0.05, 0) is 6.42 Å². The van der Waals surface area contributed by atoms with E-state index in [1.807, 2.05) is 27.7 Å². The quantitative estimate of drug-likeness (QED) is 0.562. The summed E-state index contributed by atoms with van der Waals surface area (Å²) in [5.41, 5.74) is 0. The van der Waals surface area contributed by atoms with Gasteiger partial charge in [0.2, 0.25) is 0 Å². The van der Waals surface area contributed by atoms with Gasteiger partial charge in [-0.25, -0.2) is 0 Å². The molecule has 4 unspecified atom stereocenters. The van der Waals surface area contributed by atoms with Crippen molar-refractivity contribution in [1.82, 2.24) is 0 Å². The molecule has 3 aliphatic rings. The first kappa shape index (κ1) is 11.5. The predicted molar refractivity (Wildman–Crippen MR) is 54.0 cm³/mol. The molecule has 4 atom stereocenters. The SMILES string of the molecule is CC.CC.O=C1OC2CC3CC1C2O3. The van der Waals surface area contributed by atoms with E-state index in [9.17, 15) is 4.79 Å². The van der Waals surface area contributed by atoms with E-state index in [0.29, 0.717) is 6.10 Å². The maximum absolute atomic E-state index is 11.0. The lowest BCUT2D eigenvalue weighted by Gasteiger charge is -2.07. The Morgan fingerprint density at radius 3 is 2.21 bits per heavy atom. The molecule has 3 saturated heterocycles. The van der Waals surface area contributed by atoms with Crippen molar-refractivity contribution in [2.24, 2.45) is 5.92 Å². The Labute approximate surface area is 85.8 Å². The molecule has 3 heterocycles. The maximum Gasteiger partial charge on any atom is 0.312 e. The number of hydrogen-bond acceptors (Lipinski definition) is 3. The summed E-state index contributed by atoms with van der Waals surface area (Å²) in [4.78, 5) is 11.0. The zero-order valence-electron chi connectivity index (χ0n) is 9.45. The van der Waals surface area contributed by atoms with Crippen LogP contribution in [0.1, 0.15) is 40.5 Å². The largest absolute Gasteiger partial charge is 0.459 e. The Kier molecular flexibility index (Phi) is 3.93. The van der Waals surface area contributed by atoms with Crippen LogP contribution < -0.4 is 0 Å². The third-order valence-corrected chi connectivity index (χ3v) is 2.69. The van der Waals surface area contributed by atoms with E-state index in [4.69, 9.17) is 9.47 Å². The zero-order valence-corrected chi connectivity index (χ0v) is 9.45. The fraction of sp³-hybridized carbons (Fsp3) is 0.909. The molecule has 0 aromatic heterocycles. The van der Waals surface area contributed by atoms with Gasteiger partial charge < -0.3 is 9.47 Å². The molecule has 0 aliphatic carbocycles. The molecule has 0 aromatic rings. The van der Waals surface area contributed by atoms with Gasteiger partial charge in [0.25, 0.3) is 0 Å². The van der Waals surface area contributed by atoms with Crippen LogP contribution in [0.5, 0.6) is 0 Å². The molecular formula is C11H20O3. The Morgan fingerprint density at radius 2 is 1.79 bits per heavy atom. The number of hydrogen-bond donors (Lipinski definition) is 0. The summed E-state index contributed by atoms with van der Waals surface area (Å²) in [6.07, 6.45) is 2.40. The van der Waals surface area contributed by atoms with Gasteiger partial charge in [0, 0.05) is 6.42 Å². The second-order valence-electron chi connectivity index (χ2n) is 3.28. The molecule has 3 heteroatoms. The first-order chi connectivity index (χ1) is 6.84. The molecule has 3 fully saturated rings. The van der Waals surface area contributed by atoms with Crippen molar-refractivity contribution in [3.8, 4) is 0 Å². The normalized spacial score (nSPS) is 40.7. The molecular weight excluding hydrogens is 180 g/mol. The summed E-state index contributed by atoms with van der Waals surface area (Å²) < 4.78 is 10.6. The van der Waals surface area contributed by atoms with Gasteiger partial charge >= 0.3 is 5.97 Å². The van der Waals surface area contributed by atoms with Gasteiger partial charge in [-0.1, -0.05) is 27.7 Å². The first-order valence-corrected chi connectivity index (χ1v) is 5.70. The summed E-state index contributed by atoms with van der Waals surface area (Å²) in [6, 6.07) is 0. The van der Waals surface area contributed by atoms with Crippen molar-refractivity contribution >= 4 is 5.97 Å². The Hall–Kier alpha value is -0.570. The molecule has 0 spiro atoms. The lowest BCUT2D eigenvalue weighted by molar-refractivity contribution is -0.143. The minimum Gasteiger partial charge on any atom is -0.459 e. The van der Waals surface area contributed by atoms with Crippen LogP contribution in [0.3, 0.4) is 0 Å². The molecule has 3 aliphatic heterocycles. The van der Waals surface area contributed by atoms with Gasteiger partial charge in [-0.2, -0.15) is 0 Å². The van der Waals surface area contributed by atoms with Crippen LogP contribution in [0.4, 0.5) is 0 Å². The highest BCUT2D eigenvalue weighted by Gasteiger charge is 2.57. The Bertz CT molecular complexity index is 201. The number of ether oxygens (including phenoxy) is 2. The fourth-order valence-corrected chi connectivity index (χ4v) is 2.26. The Balaban J connectivity index is 0.000000222. The Morgan fingerprint density at radius 1 is 1.14 bits per heavy atom. The zero-order chi connectivity index (χ0) is 10.7. The van der Waals surface area contributed by atoms with Gasteiger partial charge in [-0.3, -0.25) is 4.79 Å². The number of carbonyl (C=O) groups excluding carboxylic acids is 1. The van der Waals surface area contributed by atoms with Crippen LogP contribution in [-0.4, -0.2) is 24.3 Å². The third kappa shape index (κ3) is 1.65. The highest BCUT2D eigenvalue weighted by atomic mass is 16.6. The van der Waals surface area contributed by atoms with Crippen LogP contribution in [0.15, 0.2) is 0 Å². The third-order valence-electron chi connectivity index (χ3n) is 2.69. The van der Waals surface area contributed by atoms with Crippen molar-refractivity contribution in [2.45, 2.75) is 58.8 Å². The predicted octanol–water partition coefficient (Wildman–Crippen LogP) is 2.14. The lowest BCUT2D eigenvalue weighted by Crippen LogP contribution is -2.22. The van der Waals surface area contributed by atoms with Gasteiger partial charge in [-0.15, -0.1) is 0 Å². The topological polar surface area (TPSA) is 35.5 Å². The molecule has 0 saturated carbocycles. The van der Waals surface area contributed by atoms with Crippen molar-refractivity contribution in [2.75, 3.05) is 0 Å². The fourth-order valence-electron chi connectivity index (χ4n) is 2.26. The summed E-state index contributed by atoms with van der Waals surface area (Å²) in [7, 11) is 0. The van der Waals surface area contributed by atoms with E-state index < -0.39 is 0 Å². The van der Waals surface area contributed by atoms with E-state index >= 15 is 0 Å². The van der Waals surface area contributed by atoms with E-state index in [2.05, 4.69) is 0 Å². The molecule has 0 N–H and O–H groups in total. The minimum atomic E-state index is -0.0324. The monoisotopic (exact) mass is 200 g/mol. The molecule has 82 valence electrons. The highest BCUT2D eigenvalue weighted by molar-refractivity contribution is 5.76. The lowest BCUT2D eigenvalue weighted by atomic mass is 9.90. The van der Waals surface area contributed by atoms with Crippen LogP contribution >= 0.6 is 0 Å². The van der Waals surface area contributed by atoms with Crippen LogP contribution in [-0.2, 0) is 14.3 Å². The molecule has 2 bridgehead atoms. The molecule has 3 nitrogen and oxygen atoms in total. The van der Waals surface area contributed by atoms with E-state index in [-0.39, 0.29) is 24.1 Å². The van der Waals surface area contributed by atoms with Crippen molar-refractivity contribution in [1.29, 1.82) is 0 Å². The number of fused-ring (bicyclic) bond motifs is 1. The van der Waals surface area contributed by atoms with Crippen molar-refractivity contribution < 1.29 is 14.3 Å². The summed E-state index contributed by atoms with van der Waals surface area (Å²) in [5, 5.41) is 0. The first-order valence-electron chi connectivity index (χ1n) is 5.70. The minimum absolute atomic E-state index is 0.0324. The highest BCUT2D eigenvalue weighted by Crippen LogP contribution is 2.45. The van der Waals surface area contributed by atoms with Crippen LogP contribution in [0, 0.1) is 5.92 Å². The number of carbonyl (C=O) groups is 1. The molecule has 0 amide bonds. The average molecular weight is 200 g/mol. The molecule has 0 radical (unpaired) electrons. The molecule has 3 rings (SSSR count). The average Bonchev–Trinajstić information content (AvgIpc) is 2.85. The van der Waals surface area contributed by atoms with Gasteiger partial charge in [0.1, 0.15) is 12.2 Å². The van der Waals surface area contributed by atoms with Gasteiger partial charge in [0.05, 0.1) is 12.0 Å². The summed E-state index contributed by atoms with van der Waals surface area (Å²) >= 11 is 0. The van der Waals surface area contributed by atoms with Crippen molar-refractivity contribution in [3.05, 3.63) is 0 Å². The molecule has 14 heavy (non-hydrogen) atoms. The van der Waals surface area contributed by atoms with E-state index in [0.717, 1.165) is 12.8 Å². The maximum atomic E-state index is 11.0. The van der Waals surface area contributed by atoms with Crippen LogP contribution in [0.25, 0.3) is 0 Å². The standard InChI is InChI=1S/C7H8O3.2C2H6/c8-7-4-1-3-2-5(10-7)6(4)9-3;2*1-2/h3-6H,1-2H2;2*1-2H3. The second-order valence-corrected chi connectivity index (χ2v) is 3.28. The molecule has 0 aromatic carbocycles. The van der Waals surface area contributed by atoms with E-state index in [1.54, 1.807) is 0 Å². The smallest absolute Gasteiger partial charge is 0.312 e. The van der Waals surface area contributed by atoms with Crippen LogP contribution in [0.2, 0.25) is 0 Å². The van der Waals surface area contributed by atoms with Gasteiger partial charge in [0.15, 0.2) is 0 Å². The second kappa shape index (κ2) is 4.78. The van der Waals surface area contributed by atoms with E-state index in [1.165, 1.54) is 0 Å². The van der Waals surface area contributed by atoms with Crippen molar-refractivity contribution in [3.63, 3.8) is 0 Å². The number of esters is 1. The summed E-state index contributed by atoms with van der Waals surface area (Å²) in [5.74, 6) is 0.0544. The number of rotatable bonds is 0. The summed E-state index contributed by atoms with van der Waals surface area (Å²) in [6.45, 7) is 8.00.